The Labute approximate surface area is 118 Å². The number of aromatic nitrogens is 1. The van der Waals surface area contributed by atoms with Gasteiger partial charge in [0.15, 0.2) is 0 Å². The van der Waals surface area contributed by atoms with Gasteiger partial charge in [0.05, 0.1) is 5.56 Å². The summed E-state index contributed by atoms with van der Waals surface area (Å²) >= 11 is 0. The van der Waals surface area contributed by atoms with Gasteiger partial charge in [-0.1, -0.05) is 37.3 Å². The van der Waals surface area contributed by atoms with Crippen molar-refractivity contribution in [2.75, 3.05) is 11.9 Å². The maximum absolute atomic E-state index is 10.9. The molecule has 0 aliphatic rings. The summed E-state index contributed by atoms with van der Waals surface area (Å²) in [6.45, 7) is 2.93. The quantitative estimate of drug-likeness (QED) is 0.844. The van der Waals surface area contributed by atoms with Gasteiger partial charge in [-0.15, -0.1) is 0 Å². The van der Waals surface area contributed by atoms with Crippen LogP contribution in [0.4, 0.5) is 5.82 Å². The van der Waals surface area contributed by atoms with Crippen molar-refractivity contribution in [1.29, 1.82) is 0 Å². The Morgan fingerprint density at radius 2 is 2.05 bits per heavy atom. The van der Waals surface area contributed by atoms with Crippen molar-refractivity contribution in [3.05, 3.63) is 59.8 Å². The number of aromatic carboxylic acids is 1. The molecule has 0 saturated heterocycles. The third-order valence-corrected chi connectivity index (χ3v) is 3.26. The maximum Gasteiger partial charge on any atom is 0.335 e. The van der Waals surface area contributed by atoms with Crippen molar-refractivity contribution in [1.82, 2.24) is 4.98 Å². The Balaban J connectivity index is 1.87. The number of hydrogen-bond acceptors (Lipinski definition) is 3. The van der Waals surface area contributed by atoms with Crippen molar-refractivity contribution in [3.63, 3.8) is 0 Å². The molecule has 104 valence electrons. The van der Waals surface area contributed by atoms with Crippen molar-refractivity contribution in [2.45, 2.75) is 19.3 Å². The molecule has 0 radical (unpaired) electrons. The van der Waals surface area contributed by atoms with Crippen LogP contribution in [0.3, 0.4) is 0 Å². The van der Waals surface area contributed by atoms with Gasteiger partial charge >= 0.3 is 5.97 Å². The zero-order valence-corrected chi connectivity index (χ0v) is 11.4. The lowest BCUT2D eigenvalue weighted by molar-refractivity contribution is 0.0697. The van der Waals surface area contributed by atoms with E-state index in [9.17, 15) is 4.79 Å². The SMILES string of the molecule is CC(CCNc1cc(C(=O)O)ccn1)c1ccccc1. The predicted molar refractivity (Wildman–Crippen MR) is 79.2 cm³/mol. The number of nitrogens with one attached hydrogen (secondary N) is 1. The summed E-state index contributed by atoms with van der Waals surface area (Å²) in [6.07, 6.45) is 2.47. The van der Waals surface area contributed by atoms with Gasteiger partial charge in [-0.3, -0.25) is 0 Å². The van der Waals surface area contributed by atoms with E-state index in [1.165, 1.54) is 17.8 Å². The number of carboxylic acids is 1. The highest BCUT2D eigenvalue weighted by Crippen LogP contribution is 2.18. The van der Waals surface area contributed by atoms with Crippen LogP contribution in [0.5, 0.6) is 0 Å². The maximum atomic E-state index is 10.9. The van der Waals surface area contributed by atoms with Crippen LogP contribution >= 0.6 is 0 Å². The first-order valence-corrected chi connectivity index (χ1v) is 6.65. The Bertz CT molecular complexity index is 570. The molecular weight excluding hydrogens is 252 g/mol. The van der Waals surface area contributed by atoms with E-state index in [1.807, 2.05) is 18.2 Å². The van der Waals surface area contributed by atoms with Crippen LogP contribution in [0.15, 0.2) is 48.7 Å². The van der Waals surface area contributed by atoms with Crippen LogP contribution < -0.4 is 5.32 Å². The molecule has 0 bridgehead atoms. The highest BCUT2D eigenvalue weighted by Gasteiger charge is 2.06. The van der Waals surface area contributed by atoms with Gasteiger partial charge in [-0.05, 0) is 30.0 Å². The number of benzene rings is 1. The lowest BCUT2D eigenvalue weighted by Gasteiger charge is -2.12. The molecule has 0 aliphatic heterocycles. The zero-order chi connectivity index (χ0) is 14.4. The van der Waals surface area contributed by atoms with Gasteiger partial charge in [-0.25, -0.2) is 9.78 Å². The van der Waals surface area contributed by atoms with E-state index in [0.717, 1.165) is 13.0 Å². The van der Waals surface area contributed by atoms with Gasteiger partial charge < -0.3 is 10.4 Å². The summed E-state index contributed by atoms with van der Waals surface area (Å²) in [5.74, 6) is 0.115. The Hall–Kier alpha value is -2.36. The molecule has 4 heteroatoms. The molecule has 20 heavy (non-hydrogen) atoms. The van der Waals surface area contributed by atoms with Crippen LogP contribution in [0, 0.1) is 0 Å². The second-order valence-electron chi connectivity index (χ2n) is 4.76. The van der Waals surface area contributed by atoms with Crippen LogP contribution in [-0.4, -0.2) is 22.6 Å². The molecule has 0 saturated carbocycles. The molecular formula is C16H18N2O2. The molecule has 2 N–H and O–H groups in total. The molecule has 0 spiro atoms. The van der Waals surface area contributed by atoms with Gasteiger partial charge in [0.25, 0.3) is 0 Å². The first-order chi connectivity index (χ1) is 9.66. The minimum Gasteiger partial charge on any atom is -0.478 e. The van der Waals surface area contributed by atoms with Crippen molar-refractivity contribution in [2.24, 2.45) is 0 Å². The van der Waals surface area contributed by atoms with Crippen molar-refractivity contribution < 1.29 is 9.90 Å². The fraction of sp³-hybridized carbons (Fsp3) is 0.250. The van der Waals surface area contributed by atoms with E-state index in [0.29, 0.717) is 11.7 Å². The fourth-order valence-electron chi connectivity index (χ4n) is 2.03. The summed E-state index contributed by atoms with van der Waals surface area (Å²) in [5.41, 5.74) is 1.56. The fourth-order valence-corrected chi connectivity index (χ4v) is 2.03. The molecule has 0 aliphatic carbocycles. The molecule has 2 aromatic rings. The van der Waals surface area contributed by atoms with E-state index in [1.54, 1.807) is 6.07 Å². The Kier molecular flexibility index (Phi) is 4.71. The van der Waals surface area contributed by atoms with E-state index in [4.69, 9.17) is 5.11 Å². The second-order valence-corrected chi connectivity index (χ2v) is 4.76. The Morgan fingerprint density at radius 1 is 1.30 bits per heavy atom. The van der Waals surface area contributed by atoms with Crippen molar-refractivity contribution >= 4 is 11.8 Å². The first-order valence-electron chi connectivity index (χ1n) is 6.65. The highest BCUT2D eigenvalue weighted by molar-refractivity contribution is 5.88. The molecule has 1 atom stereocenters. The molecule has 0 fully saturated rings. The summed E-state index contributed by atoms with van der Waals surface area (Å²) in [5, 5.41) is 12.1. The molecule has 2 rings (SSSR count). The topological polar surface area (TPSA) is 62.2 Å². The normalized spacial score (nSPS) is 11.8. The summed E-state index contributed by atoms with van der Waals surface area (Å²) in [6, 6.07) is 13.4. The highest BCUT2D eigenvalue weighted by atomic mass is 16.4. The zero-order valence-electron chi connectivity index (χ0n) is 11.4. The number of carboxylic acid groups (broad SMARTS) is 1. The van der Waals surface area contributed by atoms with Gasteiger partial charge in [0.1, 0.15) is 5.82 Å². The molecule has 0 amide bonds. The smallest absolute Gasteiger partial charge is 0.335 e. The molecule has 1 heterocycles. The number of hydrogen-bond donors (Lipinski definition) is 2. The van der Waals surface area contributed by atoms with E-state index >= 15 is 0 Å². The average Bonchev–Trinajstić information content (AvgIpc) is 2.48. The number of carbonyl (C=O) groups is 1. The Morgan fingerprint density at radius 3 is 2.75 bits per heavy atom. The number of anilines is 1. The third kappa shape index (κ3) is 3.82. The number of rotatable bonds is 6. The average molecular weight is 270 g/mol. The standard InChI is InChI=1S/C16H18N2O2/c1-12(13-5-3-2-4-6-13)7-9-17-15-11-14(16(19)20)8-10-18-15/h2-6,8,10-12H,7,9H2,1H3,(H,17,18)(H,19,20). The number of nitrogens with zero attached hydrogens (tertiary/aromatic N) is 1. The molecule has 1 aromatic carbocycles. The third-order valence-electron chi connectivity index (χ3n) is 3.26. The second kappa shape index (κ2) is 6.70. The first kappa shape index (κ1) is 14.1. The molecule has 1 aromatic heterocycles. The van der Waals surface area contributed by atoms with E-state index < -0.39 is 5.97 Å². The minimum absolute atomic E-state index is 0.249. The predicted octanol–water partition coefficient (Wildman–Crippen LogP) is 3.39. The minimum atomic E-state index is -0.937. The van der Waals surface area contributed by atoms with E-state index in [2.05, 4.69) is 29.4 Å². The van der Waals surface area contributed by atoms with Crippen LogP contribution in [0.1, 0.15) is 35.2 Å². The molecule has 4 nitrogen and oxygen atoms in total. The van der Waals surface area contributed by atoms with Crippen molar-refractivity contribution in [3.8, 4) is 0 Å². The summed E-state index contributed by atoms with van der Waals surface area (Å²) < 4.78 is 0. The van der Waals surface area contributed by atoms with E-state index in [-0.39, 0.29) is 5.56 Å². The van der Waals surface area contributed by atoms with Gasteiger partial charge in [0.2, 0.25) is 0 Å². The van der Waals surface area contributed by atoms with Crippen LogP contribution in [0.25, 0.3) is 0 Å². The summed E-state index contributed by atoms with van der Waals surface area (Å²) in [7, 11) is 0. The van der Waals surface area contributed by atoms with Crippen LogP contribution in [-0.2, 0) is 0 Å². The van der Waals surface area contributed by atoms with Gasteiger partial charge in [-0.2, -0.15) is 0 Å². The largest absolute Gasteiger partial charge is 0.478 e. The lowest BCUT2D eigenvalue weighted by atomic mass is 9.98. The molecule has 1 unspecified atom stereocenters. The number of pyridine rings is 1. The van der Waals surface area contributed by atoms with Gasteiger partial charge in [0, 0.05) is 12.7 Å². The van der Waals surface area contributed by atoms with Crippen LogP contribution in [0.2, 0.25) is 0 Å². The monoisotopic (exact) mass is 270 g/mol. The summed E-state index contributed by atoms with van der Waals surface area (Å²) in [4.78, 5) is 15.0. The lowest BCUT2D eigenvalue weighted by Crippen LogP contribution is -2.08.